The summed E-state index contributed by atoms with van der Waals surface area (Å²) in [7, 11) is 2.10. The molecule has 6 nitrogen and oxygen atoms in total. The molecule has 0 amide bonds. The number of rotatable bonds is 5. The SMILES string of the molecule is CC(C)Oc1nc(NCC2CN(C)CCO2)ccc1N. The Hall–Kier alpha value is -1.53. The molecule has 2 rings (SSSR count). The molecule has 0 aliphatic carbocycles. The molecule has 3 N–H and O–H groups in total. The molecule has 0 aromatic carbocycles. The number of nitrogens with one attached hydrogen (secondary N) is 1. The van der Waals surface area contributed by atoms with E-state index in [9.17, 15) is 0 Å². The lowest BCUT2D eigenvalue weighted by Gasteiger charge is -2.30. The van der Waals surface area contributed by atoms with Gasteiger partial charge in [0.05, 0.1) is 24.5 Å². The summed E-state index contributed by atoms with van der Waals surface area (Å²) >= 11 is 0. The summed E-state index contributed by atoms with van der Waals surface area (Å²) in [6, 6.07) is 3.66. The number of likely N-dealkylation sites (N-methyl/N-ethyl adjacent to an activating group) is 1. The highest BCUT2D eigenvalue weighted by Crippen LogP contribution is 2.22. The second-order valence-corrected chi connectivity index (χ2v) is 5.39. The molecule has 0 spiro atoms. The van der Waals surface area contributed by atoms with Gasteiger partial charge in [0, 0.05) is 19.6 Å². The highest BCUT2D eigenvalue weighted by Gasteiger charge is 2.17. The molecule has 2 heterocycles. The summed E-state index contributed by atoms with van der Waals surface area (Å²) in [5, 5.41) is 3.28. The molecule has 20 heavy (non-hydrogen) atoms. The van der Waals surface area contributed by atoms with E-state index in [-0.39, 0.29) is 12.2 Å². The molecule has 1 aliphatic heterocycles. The van der Waals surface area contributed by atoms with Crippen LogP contribution in [0.5, 0.6) is 5.88 Å². The summed E-state index contributed by atoms with van der Waals surface area (Å²) in [4.78, 5) is 6.65. The quantitative estimate of drug-likeness (QED) is 0.844. The topological polar surface area (TPSA) is 72.6 Å². The standard InChI is InChI=1S/C14H24N4O2/c1-10(2)20-14-12(15)4-5-13(17-14)16-8-11-9-18(3)6-7-19-11/h4-5,10-11H,6-9,15H2,1-3H3,(H,16,17). The summed E-state index contributed by atoms with van der Waals surface area (Å²) in [6.45, 7) is 7.32. The van der Waals surface area contributed by atoms with Crippen LogP contribution in [-0.2, 0) is 4.74 Å². The van der Waals surface area contributed by atoms with Gasteiger partial charge >= 0.3 is 0 Å². The number of hydrogen-bond donors (Lipinski definition) is 2. The van der Waals surface area contributed by atoms with Crippen molar-refractivity contribution in [1.29, 1.82) is 0 Å². The van der Waals surface area contributed by atoms with Gasteiger partial charge in [-0.1, -0.05) is 0 Å². The third-order valence-corrected chi connectivity index (χ3v) is 3.09. The summed E-state index contributed by atoms with van der Waals surface area (Å²) in [5.74, 6) is 1.23. The molecule has 112 valence electrons. The van der Waals surface area contributed by atoms with Gasteiger partial charge in [-0.2, -0.15) is 4.98 Å². The van der Waals surface area contributed by atoms with Gasteiger partial charge in [-0.3, -0.25) is 0 Å². The lowest BCUT2D eigenvalue weighted by molar-refractivity contribution is -0.0117. The largest absolute Gasteiger partial charge is 0.473 e. The van der Waals surface area contributed by atoms with Gasteiger partial charge in [0.15, 0.2) is 0 Å². The predicted molar refractivity (Wildman–Crippen MR) is 80.1 cm³/mol. The Morgan fingerprint density at radius 1 is 1.55 bits per heavy atom. The molecule has 0 radical (unpaired) electrons. The van der Waals surface area contributed by atoms with Crippen LogP contribution in [-0.4, -0.2) is 55.4 Å². The van der Waals surface area contributed by atoms with E-state index in [2.05, 4.69) is 22.2 Å². The first-order chi connectivity index (χ1) is 9.54. The molecule has 1 aliphatic rings. The van der Waals surface area contributed by atoms with Crippen LogP contribution in [0, 0.1) is 0 Å². The molecular formula is C14H24N4O2. The van der Waals surface area contributed by atoms with Gasteiger partial charge < -0.3 is 25.4 Å². The number of aromatic nitrogens is 1. The first-order valence-corrected chi connectivity index (χ1v) is 7.02. The minimum Gasteiger partial charge on any atom is -0.473 e. The maximum absolute atomic E-state index is 5.85. The van der Waals surface area contributed by atoms with Gasteiger partial charge in [0.2, 0.25) is 5.88 Å². The Balaban J connectivity index is 1.92. The van der Waals surface area contributed by atoms with Crippen molar-refractivity contribution in [3.05, 3.63) is 12.1 Å². The predicted octanol–water partition coefficient (Wildman–Crippen LogP) is 1.19. The lowest BCUT2D eigenvalue weighted by atomic mass is 10.3. The Kier molecular flexibility index (Phi) is 5.03. The maximum Gasteiger partial charge on any atom is 0.239 e. The lowest BCUT2D eigenvalue weighted by Crippen LogP contribution is -2.43. The van der Waals surface area contributed by atoms with Gasteiger partial charge in [0.1, 0.15) is 5.82 Å². The fourth-order valence-electron chi connectivity index (χ4n) is 2.08. The number of nitrogen functional groups attached to an aromatic ring is 1. The molecule has 0 saturated carbocycles. The zero-order valence-electron chi connectivity index (χ0n) is 12.4. The van der Waals surface area contributed by atoms with Crippen LogP contribution in [0.15, 0.2) is 12.1 Å². The second kappa shape index (κ2) is 6.76. The monoisotopic (exact) mass is 280 g/mol. The number of morpholine rings is 1. The van der Waals surface area contributed by atoms with Crippen molar-refractivity contribution in [1.82, 2.24) is 9.88 Å². The molecule has 1 unspecified atom stereocenters. The van der Waals surface area contributed by atoms with Crippen LogP contribution >= 0.6 is 0 Å². The van der Waals surface area contributed by atoms with Crippen LogP contribution in [0.2, 0.25) is 0 Å². The number of ether oxygens (including phenoxy) is 2. The van der Waals surface area contributed by atoms with Crippen LogP contribution in [0.1, 0.15) is 13.8 Å². The van der Waals surface area contributed by atoms with Crippen LogP contribution in [0.3, 0.4) is 0 Å². The minimum atomic E-state index is 0.0513. The summed E-state index contributed by atoms with van der Waals surface area (Å²) in [6.07, 6.45) is 0.234. The molecule has 0 bridgehead atoms. The van der Waals surface area contributed by atoms with Crippen molar-refractivity contribution in [3.63, 3.8) is 0 Å². The van der Waals surface area contributed by atoms with Gasteiger partial charge in [-0.25, -0.2) is 0 Å². The van der Waals surface area contributed by atoms with Crippen molar-refractivity contribution >= 4 is 11.5 Å². The minimum absolute atomic E-state index is 0.0513. The molecule has 6 heteroatoms. The highest BCUT2D eigenvalue weighted by atomic mass is 16.5. The molecular weight excluding hydrogens is 256 g/mol. The smallest absolute Gasteiger partial charge is 0.239 e. The average Bonchev–Trinajstić information content (AvgIpc) is 2.39. The first-order valence-electron chi connectivity index (χ1n) is 7.02. The van der Waals surface area contributed by atoms with Crippen LogP contribution in [0.25, 0.3) is 0 Å². The normalized spacial score (nSPS) is 20.1. The van der Waals surface area contributed by atoms with E-state index in [1.165, 1.54) is 0 Å². The highest BCUT2D eigenvalue weighted by molar-refractivity contribution is 5.53. The fraction of sp³-hybridized carbons (Fsp3) is 0.643. The zero-order valence-corrected chi connectivity index (χ0v) is 12.4. The summed E-state index contributed by atoms with van der Waals surface area (Å²) < 4.78 is 11.3. The third-order valence-electron chi connectivity index (χ3n) is 3.09. The van der Waals surface area contributed by atoms with Gasteiger partial charge in [-0.05, 0) is 33.0 Å². The molecule has 1 saturated heterocycles. The third kappa shape index (κ3) is 4.25. The summed E-state index contributed by atoms with van der Waals surface area (Å²) in [5.41, 5.74) is 6.40. The molecule has 1 aromatic rings. The Bertz CT molecular complexity index is 439. The van der Waals surface area contributed by atoms with Crippen LogP contribution in [0.4, 0.5) is 11.5 Å². The zero-order chi connectivity index (χ0) is 14.5. The Morgan fingerprint density at radius 3 is 3.05 bits per heavy atom. The van der Waals surface area contributed by atoms with Gasteiger partial charge in [-0.15, -0.1) is 0 Å². The number of pyridine rings is 1. The Morgan fingerprint density at radius 2 is 2.35 bits per heavy atom. The average molecular weight is 280 g/mol. The number of nitrogens with two attached hydrogens (primary N) is 1. The van der Waals surface area contributed by atoms with Crippen LogP contribution < -0.4 is 15.8 Å². The molecule has 1 atom stereocenters. The van der Waals surface area contributed by atoms with E-state index in [1.807, 2.05) is 19.9 Å². The fourth-order valence-corrected chi connectivity index (χ4v) is 2.08. The maximum atomic E-state index is 5.85. The molecule has 1 fully saturated rings. The number of hydrogen-bond acceptors (Lipinski definition) is 6. The number of anilines is 2. The van der Waals surface area contributed by atoms with Crippen molar-refractivity contribution in [3.8, 4) is 5.88 Å². The van der Waals surface area contributed by atoms with Crippen molar-refractivity contribution in [2.24, 2.45) is 0 Å². The Labute approximate surface area is 120 Å². The van der Waals surface area contributed by atoms with E-state index in [0.29, 0.717) is 11.6 Å². The van der Waals surface area contributed by atoms with Crippen molar-refractivity contribution in [2.75, 3.05) is 44.3 Å². The number of nitrogens with zero attached hydrogens (tertiary/aromatic N) is 2. The van der Waals surface area contributed by atoms with E-state index >= 15 is 0 Å². The first kappa shape index (κ1) is 14.9. The second-order valence-electron chi connectivity index (χ2n) is 5.39. The van der Waals surface area contributed by atoms with E-state index < -0.39 is 0 Å². The van der Waals surface area contributed by atoms with E-state index in [1.54, 1.807) is 6.07 Å². The van der Waals surface area contributed by atoms with Crippen molar-refractivity contribution < 1.29 is 9.47 Å². The van der Waals surface area contributed by atoms with E-state index in [4.69, 9.17) is 15.2 Å². The van der Waals surface area contributed by atoms with Crippen molar-refractivity contribution in [2.45, 2.75) is 26.1 Å². The molecule has 1 aromatic heterocycles. The van der Waals surface area contributed by atoms with Gasteiger partial charge in [0.25, 0.3) is 0 Å². The van der Waals surface area contributed by atoms with E-state index in [0.717, 1.165) is 32.1 Å².